The Hall–Kier alpha value is -2.81. The van der Waals surface area contributed by atoms with E-state index in [9.17, 15) is 23.3 Å². The van der Waals surface area contributed by atoms with Crippen LogP contribution >= 0.6 is 0 Å². The number of nitro benzene ring substituents is 1. The largest absolute Gasteiger partial charge is 0.358 e. The molecule has 0 aliphatic heterocycles. The third kappa shape index (κ3) is 3.44. The van der Waals surface area contributed by atoms with E-state index in [1.54, 1.807) is 6.92 Å². The number of rotatable bonds is 4. The molecule has 0 heterocycles. The highest BCUT2D eigenvalue weighted by molar-refractivity contribution is 7.86. The first-order valence-corrected chi connectivity index (χ1v) is 7.37. The van der Waals surface area contributed by atoms with Gasteiger partial charge in [0.1, 0.15) is 10.6 Å². The van der Waals surface area contributed by atoms with Crippen LogP contribution in [0.25, 0.3) is 0 Å². The number of allylic oxidation sites excluding steroid dienone is 4. The molecule has 1 aromatic carbocycles. The van der Waals surface area contributed by atoms with Gasteiger partial charge < -0.3 is 0 Å². The Morgan fingerprint density at radius 2 is 1.82 bits per heavy atom. The lowest BCUT2D eigenvalue weighted by Gasteiger charge is -2.04. The summed E-state index contributed by atoms with van der Waals surface area (Å²) in [5, 5.41) is 14.0. The predicted molar refractivity (Wildman–Crippen MR) is 76.7 cm³/mol. The van der Waals surface area contributed by atoms with Gasteiger partial charge in [0, 0.05) is 12.1 Å². The van der Waals surface area contributed by atoms with Crippen LogP contribution in [0.5, 0.6) is 0 Å². The molecule has 1 aliphatic rings. The summed E-state index contributed by atoms with van der Waals surface area (Å²) in [7, 11) is -4.19. The van der Waals surface area contributed by atoms with Crippen LogP contribution in [0.1, 0.15) is 6.92 Å². The van der Waals surface area contributed by atoms with Crippen LogP contribution < -0.4 is 0 Å². The molecule has 0 spiro atoms. The van der Waals surface area contributed by atoms with E-state index >= 15 is 0 Å². The van der Waals surface area contributed by atoms with E-state index in [-0.39, 0.29) is 22.1 Å². The zero-order valence-electron chi connectivity index (χ0n) is 11.3. The van der Waals surface area contributed by atoms with Crippen LogP contribution in [0, 0.1) is 10.1 Å². The summed E-state index contributed by atoms with van der Waals surface area (Å²) in [5.74, 6) is -0.197. The first kappa shape index (κ1) is 15.6. The molecular weight excluding hydrogens is 312 g/mol. The number of benzene rings is 1. The minimum absolute atomic E-state index is 0.169. The van der Waals surface area contributed by atoms with Gasteiger partial charge in [0.05, 0.1) is 4.92 Å². The highest BCUT2D eigenvalue weighted by Crippen LogP contribution is 2.18. The second kappa shape index (κ2) is 5.90. The summed E-state index contributed by atoms with van der Waals surface area (Å²) >= 11 is 0. The molecule has 9 heteroatoms. The predicted octanol–water partition coefficient (Wildman–Crippen LogP) is 1.74. The quantitative estimate of drug-likeness (QED) is 0.473. The van der Waals surface area contributed by atoms with Gasteiger partial charge in [0.25, 0.3) is 5.69 Å². The lowest BCUT2D eigenvalue weighted by molar-refractivity contribution is -0.384. The lowest BCUT2D eigenvalue weighted by Crippen LogP contribution is -2.08. The van der Waals surface area contributed by atoms with Crippen molar-refractivity contribution in [1.82, 2.24) is 0 Å². The fraction of sp³-hybridized carbons (Fsp3) is 0.0769. The lowest BCUT2D eigenvalue weighted by atomic mass is 10.1. The van der Waals surface area contributed by atoms with Crippen LogP contribution in [0.3, 0.4) is 0 Å². The number of hydrogen-bond acceptors (Lipinski definition) is 7. The molecule has 0 saturated heterocycles. The van der Waals surface area contributed by atoms with Crippen molar-refractivity contribution in [1.29, 1.82) is 0 Å². The zero-order chi connectivity index (χ0) is 16.3. The average Bonchev–Trinajstić information content (AvgIpc) is 2.48. The number of non-ortho nitro benzene ring substituents is 1. The standard InChI is InChI=1S/C13H10N2O6S/c1-9-8-10(2-7-13(9)16)14-21-22(19,20)12-5-3-11(4-6-12)15(17)18/h2-8H,1H3/b14-10-. The molecular formula is C13H10N2O6S. The van der Waals surface area contributed by atoms with Gasteiger partial charge in [-0.1, -0.05) is 5.16 Å². The number of carbonyl (C=O) groups is 1. The number of oxime groups is 1. The van der Waals surface area contributed by atoms with E-state index in [1.165, 1.54) is 18.2 Å². The molecule has 22 heavy (non-hydrogen) atoms. The van der Waals surface area contributed by atoms with Crippen molar-refractivity contribution in [3.05, 3.63) is 58.2 Å². The van der Waals surface area contributed by atoms with Crippen LogP contribution in [0.2, 0.25) is 0 Å². The molecule has 1 aromatic rings. The minimum Gasteiger partial charge on any atom is -0.290 e. The number of hydrogen-bond donors (Lipinski definition) is 0. The molecule has 0 bridgehead atoms. The third-order valence-corrected chi connectivity index (χ3v) is 3.86. The zero-order valence-corrected chi connectivity index (χ0v) is 12.1. The second-order valence-electron chi connectivity index (χ2n) is 4.32. The van der Waals surface area contributed by atoms with Crippen molar-refractivity contribution in [2.45, 2.75) is 11.8 Å². The highest BCUT2D eigenvalue weighted by Gasteiger charge is 2.18. The van der Waals surface area contributed by atoms with Crippen LogP contribution in [-0.2, 0) is 19.2 Å². The SMILES string of the molecule is CC1=C/C(=N\OS(=O)(=O)c2ccc([N+](=O)[O-])cc2)C=CC1=O. The molecule has 114 valence electrons. The first-order chi connectivity index (χ1) is 10.3. The van der Waals surface area contributed by atoms with E-state index < -0.39 is 15.0 Å². The molecule has 0 radical (unpaired) electrons. The topological polar surface area (TPSA) is 116 Å². The summed E-state index contributed by atoms with van der Waals surface area (Å²) in [6.45, 7) is 1.56. The van der Waals surface area contributed by atoms with Crippen molar-refractivity contribution in [3.8, 4) is 0 Å². The Balaban J connectivity index is 2.20. The molecule has 0 atom stereocenters. The van der Waals surface area contributed by atoms with Crippen LogP contribution in [0.4, 0.5) is 5.69 Å². The highest BCUT2D eigenvalue weighted by atomic mass is 32.2. The fourth-order valence-electron chi connectivity index (χ4n) is 1.56. The third-order valence-electron chi connectivity index (χ3n) is 2.74. The maximum Gasteiger partial charge on any atom is 0.358 e. The summed E-state index contributed by atoms with van der Waals surface area (Å²) < 4.78 is 28.3. The summed E-state index contributed by atoms with van der Waals surface area (Å²) in [4.78, 5) is 20.8. The van der Waals surface area contributed by atoms with E-state index in [0.717, 1.165) is 24.3 Å². The Kier molecular flexibility index (Phi) is 4.18. The van der Waals surface area contributed by atoms with Gasteiger partial charge in [0.15, 0.2) is 5.78 Å². The summed E-state index contributed by atoms with van der Waals surface area (Å²) in [6.07, 6.45) is 3.95. The first-order valence-electron chi connectivity index (χ1n) is 5.96. The van der Waals surface area contributed by atoms with Crippen molar-refractivity contribution in [3.63, 3.8) is 0 Å². The number of nitro groups is 1. The molecule has 0 amide bonds. The molecule has 1 aliphatic carbocycles. The van der Waals surface area contributed by atoms with Crippen molar-refractivity contribution >= 4 is 27.3 Å². The molecule has 8 nitrogen and oxygen atoms in total. The monoisotopic (exact) mass is 322 g/mol. The van der Waals surface area contributed by atoms with E-state index in [0.29, 0.717) is 5.57 Å². The van der Waals surface area contributed by atoms with E-state index in [2.05, 4.69) is 9.44 Å². The van der Waals surface area contributed by atoms with Crippen LogP contribution in [-0.4, -0.2) is 24.8 Å². The maximum atomic E-state index is 11.9. The van der Waals surface area contributed by atoms with Gasteiger partial charge in [-0.25, -0.2) is 0 Å². The second-order valence-corrected chi connectivity index (χ2v) is 5.85. The van der Waals surface area contributed by atoms with Crippen molar-refractivity contribution in [2.24, 2.45) is 5.16 Å². The molecule has 0 aromatic heterocycles. The van der Waals surface area contributed by atoms with Crippen molar-refractivity contribution in [2.75, 3.05) is 0 Å². The molecule has 0 unspecified atom stereocenters. The van der Waals surface area contributed by atoms with Gasteiger partial charge in [-0.2, -0.15) is 8.42 Å². The molecule has 2 rings (SSSR count). The number of ketones is 1. The Morgan fingerprint density at radius 3 is 2.36 bits per heavy atom. The Labute approximate surface area is 125 Å². The molecule has 0 fully saturated rings. The smallest absolute Gasteiger partial charge is 0.290 e. The normalized spacial score (nSPS) is 16.5. The number of carbonyl (C=O) groups excluding carboxylic acids is 1. The summed E-state index contributed by atoms with van der Waals surface area (Å²) in [6, 6.07) is 4.20. The minimum atomic E-state index is -4.19. The number of nitrogens with zero attached hydrogens (tertiary/aromatic N) is 2. The Bertz CT molecular complexity index is 819. The van der Waals surface area contributed by atoms with Gasteiger partial charge in [0.2, 0.25) is 0 Å². The molecule has 0 saturated carbocycles. The van der Waals surface area contributed by atoms with E-state index in [4.69, 9.17) is 0 Å². The van der Waals surface area contributed by atoms with Crippen LogP contribution in [0.15, 0.2) is 58.1 Å². The van der Waals surface area contributed by atoms with Crippen molar-refractivity contribution < 1.29 is 22.4 Å². The Morgan fingerprint density at radius 1 is 1.18 bits per heavy atom. The van der Waals surface area contributed by atoms with E-state index in [1.807, 2.05) is 0 Å². The van der Waals surface area contributed by atoms with Gasteiger partial charge in [-0.05, 0) is 42.9 Å². The fourth-order valence-corrected chi connectivity index (χ4v) is 2.30. The summed E-state index contributed by atoms with van der Waals surface area (Å²) in [5.41, 5.74) is 0.331. The molecule has 0 N–H and O–H groups in total. The van der Waals surface area contributed by atoms with Gasteiger partial charge in [-0.15, -0.1) is 0 Å². The average molecular weight is 322 g/mol. The van der Waals surface area contributed by atoms with Gasteiger partial charge >= 0.3 is 10.1 Å². The van der Waals surface area contributed by atoms with Gasteiger partial charge in [-0.3, -0.25) is 19.2 Å². The maximum absolute atomic E-state index is 11.9.